The van der Waals surface area contributed by atoms with Gasteiger partial charge in [-0.25, -0.2) is 4.39 Å². The second-order valence-corrected chi connectivity index (χ2v) is 7.89. The van der Waals surface area contributed by atoms with E-state index >= 15 is 0 Å². The summed E-state index contributed by atoms with van der Waals surface area (Å²) in [6, 6.07) is 15.5. The first-order valence-electron chi connectivity index (χ1n) is 10.2. The van der Waals surface area contributed by atoms with Crippen LogP contribution < -0.4 is 4.74 Å². The number of carbonyl (C=O) groups is 1. The van der Waals surface area contributed by atoms with Crippen LogP contribution in [0.25, 0.3) is 0 Å². The Hall–Kier alpha value is -2.96. The van der Waals surface area contributed by atoms with Gasteiger partial charge < -0.3 is 9.64 Å². The lowest BCUT2D eigenvalue weighted by Gasteiger charge is -2.35. The van der Waals surface area contributed by atoms with Gasteiger partial charge >= 0.3 is 0 Å². The maximum atomic E-state index is 13.2. The lowest BCUT2D eigenvalue weighted by molar-refractivity contribution is 0.0628. The van der Waals surface area contributed by atoms with Gasteiger partial charge in [-0.15, -0.1) is 0 Å². The van der Waals surface area contributed by atoms with Crippen molar-refractivity contribution in [3.05, 3.63) is 94.5 Å². The summed E-state index contributed by atoms with van der Waals surface area (Å²) in [5.74, 6) is 0.307. The number of amides is 1. The van der Waals surface area contributed by atoms with E-state index in [2.05, 4.69) is 9.88 Å². The summed E-state index contributed by atoms with van der Waals surface area (Å²) in [6.45, 7) is 3.75. The van der Waals surface area contributed by atoms with Gasteiger partial charge in [0.15, 0.2) is 0 Å². The maximum Gasteiger partial charge on any atom is 0.254 e. The SMILES string of the molecule is O=C(c1cccc(OCc2cccnc2)c1)N1CCN(Cc2ccc(F)cc2Cl)CC1. The molecular weight excluding hydrogens is 417 g/mol. The molecule has 1 aromatic heterocycles. The highest BCUT2D eigenvalue weighted by molar-refractivity contribution is 6.31. The predicted molar refractivity (Wildman–Crippen MR) is 118 cm³/mol. The van der Waals surface area contributed by atoms with Crippen molar-refractivity contribution in [2.45, 2.75) is 13.2 Å². The average Bonchev–Trinajstić information content (AvgIpc) is 2.80. The molecule has 0 atom stereocenters. The fourth-order valence-electron chi connectivity index (χ4n) is 3.55. The normalized spacial score (nSPS) is 14.5. The second kappa shape index (κ2) is 9.90. The molecule has 0 unspecified atom stereocenters. The monoisotopic (exact) mass is 439 g/mol. The number of hydrogen-bond donors (Lipinski definition) is 0. The Labute approximate surface area is 186 Å². The predicted octanol–water partition coefficient (Wildman–Crippen LogP) is 4.41. The van der Waals surface area contributed by atoms with Gasteiger partial charge in [-0.2, -0.15) is 0 Å². The van der Waals surface area contributed by atoms with Crippen LogP contribution in [0.15, 0.2) is 67.0 Å². The molecule has 1 fully saturated rings. The van der Waals surface area contributed by atoms with Gasteiger partial charge in [0, 0.05) is 61.3 Å². The van der Waals surface area contributed by atoms with Crippen LogP contribution in [0.3, 0.4) is 0 Å². The maximum absolute atomic E-state index is 13.2. The molecule has 0 N–H and O–H groups in total. The highest BCUT2D eigenvalue weighted by Crippen LogP contribution is 2.21. The summed E-state index contributed by atoms with van der Waals surface area (Å²) in [7, 11) is 0. The van der Waals surface area contributed by atoms with Crippen molar-refractivity contribution >= 4 is 17.5 Å². The summed E-state index contributed by atoms with van der Waals surface area (Å²) in [4.78, 5) is 21.1. The number of rotatable bonds is 6. The van der Waals surface area contributed by atoms with E-state index in [1.807, 2.05) is 35.2 Å². The Bertz CT molecular complexity index is 1040. The molecule has 1 saturated heterocycles. The zero-order valence-electron chi connectivity index (χ0n) is 17.0. The molecule has 0 bridgehead atoms. The molecule has 0 saturated carbocycles. The van der Waals surface area contributed by atoms with E-state index in [-0.39, 0.29) is 11.7 Å². The number of benzene rings is 2. The number of aromatic nitrogens is 1. The summed E-state index contributed by atoms with van der Waals surface area (Å²) >= 11 is 6.14. The van der Waals surface area contributed by atoms with Crippen molar-refractivity contribution in [1.29, 1.82) is 0 Å². The molecular formula is C24H23ClFN3O2. The smallest absolute Gasteiger partial charge is 0.254 e. The van der Waals surface area contributed by atoms with Gasteiger partial charge in [-0.3, -0.25) is 14.7 Å². The lowest BCUT2D eigenvalue weighted by Crippen LogP contribution is -2.48. The third-order valence-corrected chi connectivity index (χ3v) is 5.63. The van der Waals surface area contributed by atoms with Crippen LogP contribution in [0.1, 0.15) is 21.5 Å². The van der Waals surface area contributed by atoms with Crippen molar-refractivity contribution in [1.82, 2.24) is 14.8 Å². The van der Waals surface area contributed by atoms with Crippen LogP contribution in [-0.2, 0) is 13.2 Å². The van der Waals surface area contributed by atoms with E-state index in [9.17, 15) is 9.18 Å². The first-order chi connectivity index (χ1) is 15.1. The van der Waals surface area contributed by atoms with Crippen LogP contribution in [0.2, 0.25) is 5.02 Å². The van der Waals surface area contributed by atoms with Crippen molar-refractivity contribution in [3.63, 3.8) is 0 Å². The standard InChI is InChI=1S/C24H23ClFN3O2/c25-23-14-21(26)7-6-20(23)16-28-9-11-29(12-10-28)24(30)19-4-1-5-22(13-19)31-17-18-3-2-8-27-15-18/h1-8,13-15H,9-12,16-17H2. The molecule has 2 aromatic carbocycles. The van der Waals surface area contributed by atoms with Crippen LogP contribution in [0.5, 0.6) is 5.75 Å². The van der Waals surface area contributed by atoms with Crippen LogP contribution in [-0.4, -0.2) is 46.9 Å². The second-order valence-electron chi connectivity index (χ2n) is 7.48. The number of pyridine rings is 1. The summed E-state index contributed by atoms with van der Waals surface area (Å²) in [6.07, 6.45) is 3.48. The van der Waals surface area contributed by atoms with Gasteiger partial charge in [0.2, 0.25) is 0 Å². The van der Waals surface area contributed by atoms with E-state index in [0.29, 0.717) is 42.6 Å². The average molecular weight is 440 g/mol. The number of halogens is 2. The fraction of sp³-hybridized carbons (Fsp3) is 0.250. The number of carbonyl (C=O) groups excluding carboxylic acids is 1. The van der Waals surface area contributed by atoms with Crippen molar-refractivity contribution < 1.29 is 13.9 Å². The van der Waals surface area contributed by atoms with Gasteiger partial charge in [0.05, 0.1) is 0 Å². The Morgan fingerprint density at radius 3 is 2.65 bits per heavy atom. The highest BCUT2D eigenvalue weighted by Gasteiger charge is 2.23. The minimum absolute atomic E-state index is 0.00806. The number of nitrogens with zero attached hydrogens (tertiary/aromatic N) is 3. The van der Waals surface area contributed by atoms with Crippen LogP contribution in [0.4, 0.5) is 4.39 Å². The number of ether oxygens (including phenoxy) is 1. The first kappa shape index (κ1) is 21.3. The third kappa shape index (κ3) is 5.60. The molecule has 3 aromatic rings. The van der Waals surface area contributed by atoms with E-state index in [4.69, 9.17) is 16.3 Å². The number of hydrogen-bond acceptors (Lipinski definition) is 4. The summed E-state index contributed by atoms with van der Waals surface area (Å²) in [5, 5.41) is 0.432. The van der Waals surface area contributed by atoms with Crippen molar-refractivity contribution in [3.8, 4) is 5.75 Å². The molecule has 7 heteroatoms. The van der Waals surface area contributed by atoms with Crippen molar-refractivity contribution in [2.24, 2.45) is 0 Å². The molecule has 0 aliphatic carbocycles. The number of piperazine rings is 1. The molecule has 0 radical (unpaired) electrons. The highest BCUT2D eigenvalue weighted by atomic mass is 35.5. The van der Waals surface area contributed by atoms with E-state index in [0.717, 1.165) is 24.2 Å². The van der Waals surface area contributed by atoms with Gasteiger partial charge in [-0.05, 0) is 42.0 Å². The molecule has 0 spiro atoms. The third-order valence-electron chi connectivity index (χ3n) is 5.28. The molecule has 4 rings (SSSR count). The minimum atomic E-state index is -0.337. The topological polar surface area (TPSA) is 45.7 Å². The molecule has 1 aliphatic rings. The van der Waals surface area contributed by atoms with Crippen LogP contribution in [0, 0.1) is 5.82 Å². The zero-order valence-corrected chi connectivity index (χ0v) is 17.8. The Kier molecular flexibility index (Phi) is 6.79. The van der Waals surface area contributed by atoms with Crippen LogP contribution >= 0.6 is 11.6 Å². The van der Waals surface area contributed by atoms with E-state index in [1.165, 1.54) is 12.1 Å². The first-order valence-corrected chi connectivity index (χ1v) is 10.5. The zero-order chi connectivity index (χ0) is 21.6. The van der Waals surface area contributed by atoms with Crippen molar-refractivity contribution in [2.75, 3.05) is 26.2 Å². The molecule has 5 nitrogen and oxygen atoms in total. The van der Waals surface area contributed by atoms with E-state index in [1.54, 1.807) is 24.5 Å². The van der Waals surface area contributed by atoms with Gasteiger partial charge in [0.25, 0.3) is 5.91 Å². The Morgan fingerprint density at radius 1 is 1.06 bits per heavy atom. The largest absolute Gasteiger partial charge is 0.489 e. The molecule has 1 amide bonds. The Balaban J connectivity index is 1.32. The van der Waals surface area contributed by atoms with Gasteiger partial charge in [-0.1, -0.05) is 29.8 Å². The molecule has 160 valence electrons. The summed E-state index contributed by atoms with van der Waals surface area (Å²) < 4.78 is 19.1. The summed E-state index contributed by atoms with van der Waals surface area (Å²) in [5.41, 5.74) is 2.47. The lowest BCUT2D eigenvalue weighted by atomic mass is 10.1. The molecule has 31 heavy (non-hydrogen) atoms. The molecule has 1 aliphatic heterocycles. The Morgan fingerprint density at radius 2 is 1.90 bits per heavy atom. The van der Waals surface area contributed by atoms with Gasteiger partial charge in [0.1, 0.15) is 18.2 Å². The fourth-order valence-corrected chi connectivity index (χ4v) is 3.78. The minimum Gasteiger partial charge on any atom is -0.489 e. The molecule has 2 heterocycles. The van der Waals surface area contributed by atoms with E-state index < -0.39 is 0 Å². The quantitative estimate of drug-likeness (QED) is 0.570.